The highest BCUT2D eigenvalue weighted by molar-refractivity contribution is 5.92. The van der Waals surface area contributed by atoms with Crippen LogP contribution in [0, 0.1) is 40.2 Å². The number of alkyl carbamates (subject to hydrolysis) is 2. The minimum absolute atomic E-state index is 0.00616. The second-order valence-corrected chi connectivity index (χ2v) is 23.7. The summed E-state index contributed by atoms with van der Waals surface area (Å²) < 4.78 is 74.7. The van der Waals surface area contributed by atoms with Crippen molar-refractivity contribution in [2.45, 2.75) is 143 Å². The van der Waals surface area contributed by atoms with Crippen LogP contribution >= 0.6 is 0 Å². The average Bonchev–Trinajstić information content (AvgIpc) is 3.23. The Hall–Kier alpha value is -7.40. The molecule has 6 N–H and O–H groups in total. The van der Waals surface area contributed by atoms with E-state index in [2.05, 4.69) is 63.4 Å². The third-order valence-electron chi connectivity index (χ3n) is 14.9. The average molecular weight is 1160 g/mol. The minimum Gasteiger partial charge on any atom is -0.453 e. The summed E-state index contributed by atoms with van der Waals surface area (Å²) in [5, 5.41) is 28.1. The topological polar surface area (TPSA) is 247 Å². The lowest BCUT2D eigenvalue weighted by Gasteiger charge is -2.47. The van der Waals surface area contributed by atoms with Gasteiger partial charge in [0.2, 0.25) is 17.8 Å². The fourth-order valence-electron chi connectivity index (χ4n) is 10.4. The molecule has 3 saturated heterocycles. The number of alkyl halides is 2. The van der Waals surface area contributed by atoms with Crippen molar-refractivity contribution in [2.24, 2.45) is 16.7 Å². The normalized spacial score (nSPS) is 18.3. The Morgan fingerprint density at radius 3 is 1.90 bits per heavy atom. The Bertz CT molecular complexity index is 2940. The van der Waals surface area contributed by atoms with Gasteiger partial charge in [-0.25, -0.2) is 42.1 Å². The molecule has 0 saturated carbocycles. The zero-order chi connectivity index (χ0) is 60.5. The number of nitrogens with one attached hydrogen (secondary N) is 5. The number of amides is 5. The zero-order valence-electron chi connectivity index (χ0n) is 48.5. The van der Waals surface area contributed by atoms with Crippen LogP contribution in [0.5, 0.6) is 0 Å². The van der Waals surface area contributed by atoms with E-state index in [0.717, 1.165) is 75.2 Å². The molecular formula is C58H76F4N12O9. The molecule has 2 aromatic carbocycles. The minimum atomic E-state index is -2.74. The summed E-state index contributed by atoms with van der Waals surface area (Å²) in [6, 6.07) is 6.56. The van der Waals surface area contributed by atoms with Crippen molar-refractivity contribution < 1.29 is 60.9 Å². The van der Waals surface area contributed by atoms with Gasteiger partial charge in [0.1, 0.15) is 36.3 Å². The number of carbonyl (C=O) groups excluding carboxylic acids is 5. The SMILES string of the molecule is COC(=O)N[C@H](C(=O)NC(C(=O)N[C@@H](Cc1ccc(C#Cc2cnc(N3CC4CCC(C3)N4C3COC3)nc2)cc1)[C@@H](O)CN(Cc1c(F)cc(-c2ccn(CC(F)F)n2)cc1F)NC(=O)[C@@H](NC(=O)OC)C(C)(C)C)C(C)(C)C)C(C)C. The molecule has 4 aromatic rings. The summed E-state index contributed by atoms with van der Waals surface area (Å²) in [5.41, 5.74) is 1.79. The maximum absolute atomic E-state index is 16.3. The number of anilines is 1. The molecule has 450 valence electrons. The van der Waals surface area contributed by atoms with Crippen LogP contribution in [0.15, 0.2) is 61.1 Å². The van der Waals surface area contributed by atoms with E-state index in [0.29, 0.717) is 40.8 Å². The second-order valence-electron chi connectivity index (χ2n) is 23.7. The third kappa shape index (κ3) is 16.7. The molecule has 0 spiro atoms. The first-order valence-electron chi connectivity index (χ1n) is 27.6. The van der Waals surface area contributed by atoms with Crippen LogP contribution in [0.25, 0.3) is 11.3 Å². The first-order chi connectivity index (χ1) is 39.2. The van der Waals surface area contributed by atoms with Crippen LogP contribution < -0.4 is 31.6 Å². The van der Waals surface area contributed by atoms with Gasteiger partial charge in [-0.2, -0.15) is 5.10 Å². The van der Waals surface area contributed by atoms with E-state index >= 15 is 8.78 Å². The Morgan fingerprint density at radius 1 is 0.783 bits per heavy atom. The van der Waals surface area contributed by atoms with Gasteiger partial charge >= 0.3 is 12.2 Å². The smallest absolute Gasteiger partial charge is 0.407 e. The quantitative estimate of drug-likeness (QED) is 0.0368. The van der Waals surface area contributed by atoms with E-state index in [4.69, 9.17) is 14.2 Å². The van der Waals surface area contributed by atoms with Crippen molar-refractivity contribution in [3.63, 3.8) is 0 Å². The Balaban J connectivity index is 1.16. The summed E-state index contributed by atoms with van der Waals surface area (Å²) in [5.74, 6) is 1.91. The van der Waals surface area contributed by atoms with Gasteiger partial charge in [-0.3, -0.25) is 29.4 Å². The number of carbonyl (C=O) groups is 5. The van der Waals surface area contributed by atoms with E-state index in [1.807, 2.05) is 0 Å². The zero-order valence-corrected chi connectivity index (χ0v) is 48.5. The number of rotatable bonds is 21. The van der Waals surface area contributed by atoms with Crippen molar-refractivity contribution in [3.8, 4) is 23.1 Å². The number of benzene rings is 2. The van der Waals surface area contributed by atoms with Crippen molar-refractivity contribution in [1.29, 1.82) is 0 Å². The van der Waals surface area contributed by atoms with Crippen molar-refractivity contribution in [3.05, 3.63) is 94.9 Å². The number of aliphatic hydroxyl groups is 1. The van der Waals surface area contributed by atoms with Crippen LogP contribution in [-0.2, 0) is 48.1 Å². The number of ether oxygens (including phenoxy) is 3. The van der Waals surface area contributed by atoms with Crippen molar-refractivity contribution in [2.75, 3.05) is 52.0 Å². The first kappa shape index (κ1) is 63.2. The highest BCUT2D eigenvalue weighted by atomic mass is 19.3. The predicted molar refractivity (Wildman–Crippen MR) is 298 cm³/mol. The number of aliphatic hydroxyl groups excluding tert-OH is 1. The number of aromatic nitrogens is 4. The molecule has 83 heavy (non-hydrogen) atoms. The van der Waals surface area contributed by atoms with Gasteiger partial charge in [-0.1, -0.05) is 79.4 Å². The van der Waals surface area contributed by atoms with Crippen molar-refractivity contribution >= 4 is 35.9 Å². The molecule has 5 heterocycles. The van der Waals surface area contributed by atoms with Crippen LogP contribution in [0.2, 0.25) is 0 Å². The maximum atomic E-state index is 16.3. The van der Waals surface area contributed by atoms with E-state index < -0.39 is 120 Å². The van der Waals surface area contributed by atoms with Crippen LogP contribution in [0.3, 0.4) is 0 Å². The monoisotopic (exact) mass is 1160 g/mol. The lowest BCUT2D eigenvalue weighted by atomic mass is 9.85. The molecule has 0 aliphatic carbocycles. The van der Waals surface area contributed by atoms with E-state index in [1.54, 1.807) is 92.0 Å². The summed E-state index contributed by atoms with van der Waals surface area (Å²) in [6.07, 6.45) is 0.575. The van der Waals surface area contributed by atoms with Gasteiger partial charge < -0.3 is 45.5 Å². The highest BCUT2D eigenvalue weighted by Gasteiger charge is 2.46. The maximum Gasteiger partial charge on any atom is 0.407 e. The van der Waals surface area contributed by atoms with Gasteiger partial charge in [0, 0.05) is 73.5 Å². The Morgan fingerprint density at radius 2 is 1.36 bits per heavy atom. The predicted octanol–water partition coefficient (Wildman–Crippen LogP) is 4.94. The van der Waals surface area contributed by atoms with E-state index in [1.165, 1.54) is 12.3 Å². The molecule has 3 aliphatic heterocycles. The molecule has 21 nitrogen and oxygen atoms in total. The number of hydrazine groups is 1. The fraction of sp³-hybridized carbons (Fsp3) is 0.552. The molecule has 2 aromatic heterocycles. The number of hydrogen-bond acceptors (Lipinski definition) is 15. The lowest BCUT2D eigenvalue weighted by molar-refractivity contribution is -0.134. The third-order valence-corrected chi connectivity index (χ3v) is 14.9. The number of fused-ring (bicyclic) bond motifs is 2. The lowest BCUT2D eigenvalue weighted by Crippen LogP contribution is -2.62. The second kappa shape index (κ2) is 27.3. The van der Waals surface area contributed by atoms with E-state index in [-0.39, 0.29) is 17.7 Å². The van der Waals surface area contributed by atoms with Crippen molar-refractivity contribution in [1.82, 2.24) is 56.4 Å². The van der Waals surface area contributed by atoms with Gasteiger partial charge in [-0.05, 0) is 71.9 Å². The van der Waals surface area contributed by atoms with Gasteiger partial charge in [-0.15, -0.1) is 0 Å². The summed E-state index contributed by atoms with van der Waals surface area (Å²) in [7, 11) is 2.25. The van der Waals surface area contributed by atoms with Crippen LogP contribution in [-0.4, -0.2) is 167 Å². The molecule has 3 unspecified atom stereocenters. The molecule has 7 atom stereocenters. The molecule has 3 aliphatic rings. The molecule has 5 amide bonds. The Kier molecular flexibility index (Phi) is 20.8. The standard InChI is InChI=1S/C58H76F4N12O9/c1-33(2)48(66-55(79)81-9)51(76)67-49(57(3,4)5)52(77)65-45(21-35-14-11-34(12-15-35)13-16-36-24-63-54(64-25-36)71-26-38-17-18-39(27-71)74(38)40-31-83-32-40)46(75)29-73(70-53(78)50(58(6,7)8)68-56(80)82-10)28-41-42(59)22-37(23-43(41)60)44-19-20-72(69-44)30-47(61)62/h11-12,14-15,19-20,22-25,33,38-40,45-50,75H,17-18,21,26-32H2,1-10H3,(H,65,77)(H,66,79)(H,67,76)(H,68,80)(H,70,78)/t38?,39?,45-,46-,48-,49?,50+/m0/s1. The molecule has 2 bridgehead atoms. The van der Waals surface area contributed by atoms with E-state index in [9.17, 15) is 37.9 Å². The van der Waals surface area contributed by atoms with Gasteiger partial charge in [0.25, 0.3) is 12.3 Å². The number of hydrogen-bond donors (Lipinski definition) is 6. The molecule has 25 heteroatoms. The fourth-order valence-corrected chi connectivity index (χ4v) is 10.4. The highest BCUT2D eigenvalue weighted by Crippen LogP contribution is 2.35. The summed E-state index contributed by atoms with van der Waals surface area (Å²) in [4.78, 5) is 81.7. The molecular weight excluding hydrogens is 1080 g/mol. The van der Waals surface area contributed by atoms with Crippen LogP contribution in [0.4, 0.5) is 33.1 Å². The number of nitrogens with zero attached hydrogens (tertiary/aromatic N) is 7. The van der Waals surface area contributed by atoms with Crippen LogP contribution in [0.1, 0.15) is 90.5 Å². The van der Waals surface area contributed by atoms with Gasteiger partial charge in [0.05, 0.1) is 56.9 Å². The summed E-state index contributed by atoms with van der Waals surface area (Å²) in [6.45, 7) is 14.6. The number of methoxy groups -OCH3 is 2. The molecule has 0 radical (unpaired) electrons. The number of halogens is 4. The Labute approximate surface area is 480 Å². The molecule has 3 fully saturated rings. The first-order valence-corrected chi connectivity index (χ1v) is 27.6. The van der Waals surface area contributed by atoms with Gasteiger partial charge in [0.15, 0.2) is 0 Å². The largest absolute Gasteiger partial charge is 0.453 e. The summed E-state index contributed by atoms with van der Waals surface area (Å²) >= 11 is 0. The number of piperazine rings is 1. The molecule has 7 rings (SSSR count).